The number of thiophene rings is 1. The second-order valence-electron chi connectivity index (χ2n) is 8.75. The Bertz CT molecular complexity index is 1310. The van der Waals surface area contributed by atoms with Gasteiger partial charge in [-0.2, -0.15) is 0 Å². The fraction of sp³-hybridized carbons (Fsp3) is 0.259. The lowest BCUT2D eigenvalue weighted by Gasteiger charge is -2.40. The lowest BCUT2D eigenvalue weighted by Crippen LogP contribution is -2.55. The number of carbonyl (C=O) groups excluding carboxylic acids is 2. The molecule has 0 radical (unpaired) electrons. The molecule has 1 aliphatic heterocycles. The average molecular weight is 458 g/mol. The largest absolute Gasteiger partial charge is 0.334 e. The van der Waals surface area contributed by atoms with Gasteiger partial charge in [0.1, 0.15) is 10.5 Å². The second kappa shape index (κ2) is 8.87. The highest BCUT2D eigenvalue weighted by atomic mass is 32.1. The van der Waals surface area contributed by atoms with Crippen molar-refractivity contribution in [3.05, 3.63) is 94.5 Å². The van der Waals surface area contributed by atoms with E-state index in [0.717, 1.165) is 10.2 Å². The van der Waals surface area contributed by atoms with Crippen molar-refractivity contribution in [3.63, 3.8) is 0 Å². The van der Waals surface area contributed by atoms with Gasteiger partial charge < -0.3 is 14.4 Å². The first-order chi connectivity index (χ1) is 16.0. The van der Waals surface area contributed by atoms with Crippen LogP contribution in [-0.4, -0.2) is 51.9 Å². The van der Waals surface area contributed by atoms with Gasteiger partial charge in [-0.3, -0.25) is 9.59 Å². The number of nitrogens with zero attached hydrogens (tertiary/aromatic N) is 3. The summed E-state index contributed by atoms with van der Waals surface area (Å²) in [6.07, 6.45) is 0. The SMILES string of the molecule is Cc1cccc(Cn2c(C(=O)N3CCN(C(=O)c4ccccc4)[C@H](C)C3)cc3ccsc32)c1. The molecule has 2 aromatic carbocycles. The lowest BCUT2D eigenvalue weighted by molar-refractivity contribution is 0.0409. The number of piperazine rings is 1. The van der Waals surface area contributed by atoms with Gasteiger partial charge in [-0.15, -0.1) is 11.3 Å². The first kappa shape index (κ1) is 21.5. The van der Waals surface area contributed by atoms with Gasteiger partial charge in [0.15, 0.2) is 0 Å². The lowest BCUT2D eigenvalue weighted by atomic mass is 10.1. The molecule has 0 bridgehead atoms. The molecule has 5 nitrogen and oxygen atoms in total. The molecule has 2 amide bonds. The van der Waals surface area contributed by atoms with Crippen molar-refractivity contribution in [2.24, 2.45) is 0 Å². The standard InChI is InChI=1S/C27H27N3O2S/c1-19-7-6-8-21(15-19)18-30-24(16-23-11-14-33-27(23)30)26(32)28-12-13-29(20(2)17-28)25(31)22-9-4-3-5-10-22/h3-11,14-16,20H,12-13,17-18H2,1-2H3/t20-/m1/s1. The average Bonchev–Trinajstić information content (AvgIpc) is 3.41. The third-order valence-corrected chi connectivity index (χ3v) is 7.29. The summed E-state index contributed by atoms with van der Waals surface area (Å²) >= 11 is 1.66. The van der Waals surface area contributed by atoms with Crippen molar-refractivity contribution in [1.29, 1.82) is 0 Å². The van der Waals surface area contributed by atoms with Crippen LogP contribution in [0.2, 0.25) is 0 Å². The number of benzene rings is 2. The molecule has 4 aromatic rings. The molecule has 5 rings (SSSR count). The quantitative estimate of drug-likeness (QED) is 0.431. The minimum Gasteiger partial charge on any atom is -0.334 e. The summed E-state index contributed by atoms with van der Waals surface area (Å²) in [5.74, 6) is 0.0586. The Labute approximate surface area is 197 Å². The Morgan fingerprint density at radius 1 is 0.970 bits per heavy atom. The fourth-order valence-corrected chi connectivity index (χ4v) is 5.55. The predicted octanol–water partition coefficient (Wildman–Crippen LogP) is 5.05. The fourth-order valence-electron chi connectivity index (χ4n) is 4.65. The zero-order valence-electron chi connectivity index (χ0n) is 18.9. The predicted molar refractivity (Wildman–Crippen MR) is 133 cm³/mol. The summed E-state index contributed by atoms with van der Waals surface area (Å²) in [6, 6.07) is 21.8. The number of aromatic nitrogens is 1. The molecule has 0 unspecified atom stereocenters. The van der Waals surface area contributed by atoms with Crippen LogP contribution in [0.4, 0.5) is 0 Å². The molecule has 0 saturated carbocycles. The minimum absolute atomic E-state index is 0.0264. The van der Waals surface area contributed by atoms with E-state index in [4.69, 9.17) is 0 Å². The van der Waals surface area contributed by atoms with E-state index in [1.807, 2.05) is 53.1 Å². The molecule has 33 heavy (non-hydrogen) atoms. The summed E-state index contributed by atoms with van der Waals surface area (Å²) in [5.41, 5.74) is 3.80. The smallest absolute Gasteiger partial charge is 0.270 e. The molecule has 1 fully saturated rings. The van der Waals surface area contributed by atoms with Crippen LogP contribution in [0.5, 0.6) is 0 Å². The van der Waals surface area contributed by atoms with E-state index in [0.29, 0.717) is 37.4 Å². The van der Waals surface area contributed by atoms with Crippen molar-refractivity contribution in [1.82, 2.24) is 14.4 Å². The number of carbonyl (C=O) groups is 2. The summed E-state index contributed by atoms with van der Waals surface area (Å²) in [7, 11) is 0. The minimum atomic E-state index is -0.0447. The van der Waals surface area contributed by atoms with Crippen LogP contribution in [0.3, 0.4) is 0 Å². The van der Waals surface area contributed by atoms with Gasteiger partial charge in [-0.25, -0.2) is 0 Å². The number of amides is 2. The summed E-state index contributed by atoms with van der Waals surface area (Å²) in [5, 5.41) is 3.17. The van der Waals surface area contributed by atoms with E-state index in [-0.39, 0.29) is 17.9 Å². The van der Waals surface area contributed by atoms with Gasteiger partial charge in [0, 0.05) is 43.2 Å². The van der Waals surface area contributed by atoms with Crippen molar-refractivity contribution in [3.8, 4) is 0 Å². The highest BCUT2D eigenvalue weighted by Crippen LogP contribution is 2.28. The van der Waals surface area contributed by atoms with Crippen LogP contribution < -0.4 is 0 Å². The van der Waals surface area contributed by atoms with Crippen LogP contribution in [-0.2, 0) is 6.54 Å². The molecule has 0 spiro atoms. The zero-order valence-corrected chi connectivity index (χ0v) is 19.7. The van der Waals surface area contributed by atoms with Crippen molar-refractivity contribution < 1.29 is 9.59 Å². The molecular formula is C27H27N3O2S. The maximum absolute atomic E-state index is 13.6. The number of hydrogen-bond donors (Lipinski definition) is 0. The zero-order chi connectivity index (χ0) is 22.9. The Morgan fingerprint density at radius 3 is 2.55 bits per heavy atom. The number of aryl methyl sites for hydroxylation is 1. The molecule has 0 N–H and O–H groups in total. The highest BCUT2D eigenvalue weighted by molar-refractivity contribution is 7.16. The van der Waals surface area contributed by atoms with Crippen LogP contribution in [0.25, 0.3) is 10.2 Å². The maximum atomic E-state index is 13.6. The van der Waals surface area contributed by atoms with Gasteiger partial charge in [0.05, 0.1) is 0 Å². The molecule has 2 aromatic heterocycles. The third kappa shape index (κ3) is 4.18. The Kier molecular flexibility index (Phi) is 5.77. The first-order valence-electron chi connectivity index (χ1n) is 11.3. The Balaban J connectivity index is 1.37. The van der Waals surface area contributed by atoms with Crippen LogP contribution in [0.15, 0.2) is 72.1 Å². The first-order valence-corrected chi connectivity index (χ1v) is 12.2. The number of hydrogen-bond acceptors (Lipinski definition) is 3. The van der Waals surface area contributed by atoms with Crippen LogP contribution >= 0.6 is 11.3 Å². The number of rotatable bonds is 4. The van der Waals surface area contributed by atoms with Gasteiger partial charge >= 0.3 is 0 Å². The Hall–Kier alpha value is -3.38. The van der Waals surface area contributed by atoms with Crippen LogP contribution in [0, 0.1) is 6.92 Å². The van der Waals surface area contributed by atoms with Gasteiger partial charge in [0.25, 0.3) is 11.8 Å². The molecule has 0 aliphatic carbocycles. The summed E-state index contributed by atoms with van der Waals surface area (Å²) in [6.45, 7) is 6.36. The summed E-state index contributed by atoms with van der Waals surface area (Å²) in [4.78, 5) is 31.5. The van der Waals surface area contributed by atoms with Crippen molar-refractivity contribution in [2.75, 3.05) is 19.6 Å². The summed E-state index contributed by atoms with van der Waals surface area (Å²) < 4.78 is 2.14. The molecular weight excluding hydrogens is 430 g/mol. The van der Waals surface area contributed by atoms with E-state index in [9.17, 15) is 9.59 Å². The van der Waals surface area contributed by atoms with Crippen molar-refractivity contribution >= 4 is 33.4 Å². The second-order valence-corrected chi connectivity index (χ2v) is 9.65. The van der Waals surface area contributed by atoms with Gasteiger partial charge in [0.2, 0.25) is 0 Å². The molecule has 1 aliphatic rings. The van der Waals surface area contributed by atoms with Gasteiger partial charge in [-0.05, 0) is 49.1 Å². The van der Waals surface area contributed by atoms with E-state index in [2.05, 4.69) is 47.2 Å². The molecule has 168 valence electrons. The van der Waals surface area contributed by atoms with Gasteiger partial charge in [-0.1, -0.05) is 48.0 Å². The van der Waals surface area contributed by atoms with Crippen LogP contribution in [0.1, 0.15) is 38.9 Å². The maximum Gasteiger partial charge on any atom is 0.270 e. The molecule has 3 heterocycles. The Morgan fingerprint density at radius 2 is 1.79 bits per heavy atom. The highest BCUT2D eigenvalue weighted by Gasteiger charge is 2.32. The van der Waals surface area contributed by atoms with E-state index in [1.54, 1.807) is 11.3 Å². The normalized spacial score (nSPS) is 16.4. The van der Waals surface area contributed by atoms with E-state index >= 15 is 0 Å². The van der Waals surface area contributed by atoms with E-state index < -0.39 is 0 Å². The van der Waals surface area contributed by atoms with Crippen molar-refractivity contribution in [2.45, 2.75) is 26.4 Å². The molecule has 1 atom stereocenters. The molecule has 1 saturated heterocycles. The third-order valence-electron chi connectivity index (χ3n) is 6.34. The topological polar surface area (TPSA) is 45.6 Å². The van der Waals surface area contributed by atoms with E-state index in [1.165, 1.54) is 11.1 Å². The number of fused-ring (bicyclic) bond motifs is 1. The molecule has 6 heteroatoms. The monoisotopic (exact) mass is 457 g/mol.